The predicted octanol–water partition coefficient (Wildman–Crippen LogP) is 3.88. The Bertz CT molecular complexity index is 956. The number of carbonyl (C=O) groups is 1. The van der Waals surface area contributed by atoms with Crippen molar-refractivity contribution in [3.63, 3.8) is 0 Å². The molecular weight excluding hydrogens is 450 g/mol. The average Bonchev–Trinajstić information content (AvgIpc) is 3.07. The zero-order valence-corrected chi connectivity index (χ0v) is 18.8. The molecule has 6 nitrogen and oxygen atoms in total. The first-order valence-corrected chi connectivity index (χ1v) is 11.2. The Morgan fingerprint density at radius 3 is 2.45 bits per heavy atom. The molecule has 29 heavy (non-hydrogen) atoms. The van der Waals surface area contributed by atoms with Gasteiger partial charge in [0.25, 0.3) is 0 Å². The summed E-state index contributed by atoms with van der Waals surface area (Å²) in [6.07, 6.45) is 1.58. The second-order valence-electron chi connectivity index (χ2n) is 6.75. The van der Waals surface area contributed by atoms with E-state index in [1.807, 2.05) is 31.2 Å². The number of rotatable bonds is 8. The number of benzene rings is 2. The normalized spacial score (nSPS) is 12.0. The van der Waals surface area contributed by atoms with Crippen LogP contribution in [0.25, 0.3) is 0 Å². The fourth-order valence-corrected chi connectivity index (χ4v) is 3.80. The highest BCUT2D eigenvalue weighted by atomic mass is 79.9. The van der Waals surface area contributed by atoms with E-state index in [-0.39, 0.29) is 17.7 Å². The highest BCUT2D eigenvalue weighted by Crippen LogP contribution is 2.19. The van der Waals surface area contributed by atoms with Crippen molar-refractivity contribution in [2.75, 3.05) is 11.6 Å². The SMILES string of the molecule is CCc1ccc([C@H](C)NC(=O)CSc2nnc(Cc3ccc(Br)cc3)n2N)cc1. The number of carbonyl (C=O) groups excluding carboxylic acids is 1. The maximum absolute atomic E-state index is 12.3. The van der Waals surface area contributed by atoms with Crippen molar-refractivity contribution in [3.05, 3.63) is 75.5 Å². The Morgan fingerprint density at radius 2 is 1.79 bits per heavy atom. The minimum absolute atomic E-state index is 0.0577. The second kappa shape index (κ2) is 9.93. The summed E-state index contributed by atoms with van der Waals surface area (Å²) in [5.41, 5.74) is 3.45. The van der Waals surface area contributed by atoms with Crippen LogP contribution in [0.15, 0.2) is 58.2 Å². The van der Waals surface area contributed by atoms with Gasteiger partial charge in [0.1, 0.15) is 0 Å². The second-order valence-corrected chi connectivity index (χ2v) is 8.60. The van der Waals surface area contributed by atoms with Gasteiger partial charge in [-0.05, 0) is 42.2 Å². The van der Waals surface area contributed by atoms with Crippen molar-refractivity contribution in [1.82, 2.24) is 20.2 Å². The van der Waals surface area contributed by atoms with Crippen LogP contribution in [-0.4, -0.2) is 26.5 Å². The molecule has 0 fully saturated rings. The number of nitrogens with zero attached hydrogens (tertiary/aromatic N) is 3. The van der Waals surface area contributed by atoms with Crippen LogP contribution in [-0.2, 0) is 17.6 Å². The monoisotopic (exact) mass is 473 g/mol. The van der Waals surface area contributed by atoms with E-state index in [2.05, 4.69) is 62.6 Å². The van der Waals surface area contributed by atoms with Crippen molar-refractivity contribution < 1.29 is 4.79 Å². The smallest absolute Gasteiger partial charge is 0.230 e. The number of nitrogens with one attached hydrogen (secondary N) is 1. The van der Waals surface area contributed by atoms with E-state index in [0.717, 1.165) is 22.0 Å². The van der Waals surface area contributed by atoms with Gasteiger partial charge in [0.05, 0.1) is 11.8 Å². The van der Waals surface area contributed by atoms with Gasteiger partial charge in [0.15, 0.2) is 5.82 Å². The maximum atomic E-state index is 12.3. The maximum Gasteiger partial charge on any atom is 0.230 e. The number of halogens is 1. The van der Waals surface area contributed by atoms with Crippen LogP contribution < -0.4 is 11.2 Å². The van der Waals surface area contributed by atoms with Gasteiger partial charge in [-0.1, -0.05) is 71.0 Å². The topological polar surface area (TPSA) is 85.8 Å². The van der Waals surface area contributed by atoms with E-state index < -0.39 is 0 Å². The van der Waals surface area contributed by atoms with Crippen LogP contribution in [0.1, 0.15) is 42.4 Å². The third-order valence-electron chi connectivity index (χ3n) is 4.61. The molecule has 3 aromatic rings. The minimum Gasteiger partial charge on any atom is -0.349 e. The molecule has 0 radical (unpaired) electrons. The Labute approximate surface area is 183 Å². The first-order valence-electron chi connectivity index (χ1n) is 9.41. The fourth-order valence-electron chi connectivity index (χ4n) is 2.85. The largest absolute Gasteiger partial charge is 0.349 e. The number of hydrogen-bond donors (Lipinski definition) is 2. The van der Waals surface area contributed by atoms with Crippen LogP contribution in [0.4, 0.5) is 0 Å². The number of aryl methyl sites for hydroxylation is 1. The van der Waals surface area contributed by atoms with Gasteiger partial charge < -0.3 is 11.2 Å². The Balaban J connectivity index is 1.53. The van der Waals surface area contributed by atoms with E-state index in [1.54, 1.807) is 0 Å². The molecule has 3 rings (SSSR count). The summed E-state index contributed by atoms with van der Waals surface area (Å²) in [5, 5.41) is 11.8. The Hall–Kier alpha value is -2.32. The van der Waals surface area contributed by atoms with Crippen molar-refractivity contribution in [3.8, 4) is 0 Å². The van der Waals surface area contributed by atoms with Crippen molar-refractivity contribution in [2.24, 2.45) is 0 Å². The van der Waals surface area contributed by atoms with Crippen LogP contribution in [0.3, 0.4) is 0 Å². The van der Waals surface area contributed by atoms with E-state index >= 15 is 0 Å². The highest BCUT2D eigenvalue weighted by molar-refractivity contribution is 9.10. The molecule has 1 heterocycles. The van der Waals surface area contributed by atoms with E-state index in [4.69, 9.17) is 5.84 Å². The molecule has 0 aliphatic rings. The Morgan fingerprint density at radius 1 is 1.14 bits per heavy atom. The summed E-state index contributed by atoms with van der Waals surface area (Å²) in [7, 11) is 0. The lowest BCUT2D eigenvalue weighted by molar-refractivity contribution is -0.119. The number of amides is 1. The lowest BCUT2D eigenvalue weighted by Gasteiger charge is -2.14. The minimum atomic E-state index is -0.0699. The zero-order valence-electron chi connectivity index (χ0n) is 16.4. The predicted molar refractivity (Wildman–Crippen MR) is 120 cm³/mol. The van der Waals surface area contributed by atoms with Gasteiger partial charge in [-0.3, -0.25) is 4.79 Å². The number of aromatic nitrogens is 3. The van der Waals surface area contributed by atoms with Crippen LogP contribution >= 0.6 is 27.7 Å². The molecule has 0 aliphatic heterocycles. The molecule has 0 saturated carbocycles. The van der Waals surface area contributed by atoms with Crippen molar-refractivity contribution in [2.45, 2.75) is 37.9 Å². The summed E-state index contributed by atoms with van der Waals surface area (Å²) >= 11 is 4.70. The first-order chi connectivity index (χ1) is 14.0. The van der Waals surface area contributed by atoms with Crippen molar-refractivity contribution >= 4 is 33.6 Å². The van der Waals surface area contributed by atoms with Gasteiger partial charge in [-0.2, -0.15) is 0 Å². The fraction of sp³-hybridized carbons (Fsp3) is 0.286. The molecule has 152 valence electrons. The summed E-state index contributed by atoms with van der Waals surface area (Å²) in [5.74, 6) is 6.93. The average molecular weight is 474 g/mol. The Kier molecular flexibility index (Phi) is 7.33. The van der Waals surface area contributed by atoms with Gasteiger partial charge in [-0.25, -0.2) is 4.68 Å². The molecule has 1 atom stereocenters. The molecule has 8 heteroatoms. The molecule has 0 aliphatic carbocycles. The number of hydrogen-bond acceptors (Lipinski definition) is 5. The quantitative estimate of drug-likeness (QED) is 0.382. The van der Waals surface area contributed by atoms with E-state index in [0.29, 0.717) is 17.4 Å². The van der Waals surface area contributed by atoms with E-state index in [9.17, 15) is 4.79 Å². The first kappa shape index (κ1) is 21.4. The number of thioether (sulfide) groups is 1. The molecule has 1 amide bonds. The molecule has 0 spiro atoms. The third kappa shape index (κ3) is 5.83. The summed E-state index contributed by atoms with van der Waals surface area (Å²) < 4.78 is 2.47. The van der Waals surface area contributed by atoms with Gasteiger partial charge in [0.2, 0.25) is 11.1 Å². The third-order valence-corrected chi connectivity index (χ3v) is 6.08. The van der Waals surface area contributed by atoms with E-state index in [1.165, 1.54) is 22.0 Å². The van der Waals surface area contributed by atoms with Crippen molar-refractivity contribution in [1.29, 1.82) is 0 Å². The number of nitrogens with two attached hydrogens (primary N) is 1. The summed E-state index contributed by atoms with van der Waals surface area (Å²) in [6, 6.07) is 16.2. The van der Waals surface area contributed by atoms with Gasteiger partial charge >= 0.3 is 0 Å². The highest BCUT2D eigenvalue weighted by Gasteiger charge is 2.14. The molecule has 0 saturated heterocycles. The molecule has 0 bridgehead atoms. The molecule has 3 N–H and O–H groups in total. The molecule has 1 aromatic heterocycles. The summed E-state index contributed by atoms with van der Waals surface area (Å²) in [4.78, 5) is 12.3. The number of nitrogen functional groups attached to an aromatic ring is 1. The molecule has 2 aromatic carbocycles. The summed E-state index contributed by atoms with van der Waals surface area (Å²) in [6.45, 7) is 4.10. The molecule has 0 unspecified atom stereocenters. The van der Waals surface area contributed by atoms with Crippen LogP contribution in [0.5, 0.6) is 0 Å². The lowest BCUT2D eigenvalue weighted by atomic mass is 10.1. The van der Waals surface area contributed by atoms with Crippen LogP contribution in [0.2, 0.25) is 0 Å². The molecular formula is C21H24BrN5OS. The zero-order chi connectivity index (χ0) is 20.8. The van der Waals surface area contributed by atoms with Gasteiger partial charge in [-0.15, -0.1) is 10.2 Å². The lowest BCUT2D eigenvalue weighted by Crippen LogP contribution is -2.28. The van der Waals surface area contributed by atoms with Gasteiger partial charge in [0, 0.05) is 10.9 Å². The standard InChI is InChI=1S/C21H24BrN5OS/c1-3-15-4-8-17(9-5-15)14(2)24-20(28)13-29-21-26-25-19(27(21)23)12-16-6-10-18(22)11-7-16/h4-11,14H,3,12-13,23H2,1-2H3,(H,24,28)/t14-/m0/s1. The van der Waals surface area contributed by atoms with Crippen LogP contribution in [0, 0.1) is 0 Å².